The monoisotopic (exact) mass is 174 g/mol. The molecule has 1 atom stereocenters. The summed E-state index contributed by atoms with van der Waals surface area (Å²) in [6, 6.07) is 10.6. The zero-order chi connectivity index (χ0) is 9.68. The second-order valence-electron chi connectivity index (χ2n) is 3.64. The summed E-state index contributed by atoms with van der Waals surface area (Å²) in [7, 11) is 0. The van der Waals surface area contributed by atoms with E-state index < -0.39 is 0 Å². The molecule has 0 heterocycles. The van der Waals surface area contributed by atoms with Crippen LogP contribution >= 0.6 is 0 Å². The summed E-state index contributed by atoms with van der Waals surface area (Å²) in [6.07, 6.45) is 2.32. The first-order chi connectivity index (χ1) is 6.24. The Morgan fingerprint density at radius 1 is 1.31 bits per heavy atom. The fraction of sp³-hybridized carbons (Fsp3) is 0.385. The van der Waals surface area contributed by atoms with Gasteiger partial charge < -0.3 is 0 Å². The Balaban J connectivity index is 2.62. The zero-order valence-corrected chi connectivity index (χ0v) is 8.59. The Hall–Kier alpha value is -1.04. The average Bonchev–Trinajstić information content (AvgIpc) is 2.15. The molecule has 0 saturated heterocycles. The first-order valence-corrected chi connectivity index (χ1v) is 4.93. The third-order valence-electron chi connectivity index (χ3n) is 2.51. The lowest BCUT2D eigenvalue weighted by Gasteiger charge is -2.14. The summed E-state index contributed by atoms with van der Waals surface area (Å²) in [5, 5.41) is 0. The summed E-state index contributed by atoms with van der Waals surface area (Å²) in [6.45, 7) is 8.37. The normalized spacial score (nSPS) is 12.5. The molecule has 0 aliphatic carbocycles. The fourth-order valence-electron chi connectivity index (χ4n) is 1.57. The largest absolute Gasteiger partial charge is 0.0998 e. The second kappa shape index (κ2) is 4.86. The zero-order valence-electron chi connectivity index (χ0n) is 8.59. The summed E-state index contributed by atoms with van der Waals surface area (Å²) in [5.74, 6) is 0.641. The van der Waals surface area contributed by atoms with Crippen LogP contribution < -0.4 is 0 Å². The standard InChI is InChI=1S/C13H18/c1-4-13(11(2)3)10-12-8-6-5-7-9-12/h5-9,13H,2,4,10H2,1,3H3/t13-/m1/s1. The molecule has 0 nitrogen and oxygen atoms in total. The second-order valence-corrected chi connectivity index (χ2v) is 3.64. The van der Waals surface area contributed by atoms with Crippen LogP contribution in [0.1, 0.15) is 25.8 Å². The predicted octanol–water partition coefficient (Wildman–Crippen LogP) is 3.83. The molecule has 0 unspecified atom stereocenters. The molecule has 0 spiro atoms. The molecule has 0 heteroatoms. The van der Waals surface area contributed by atoms with E-state index in [9.17, 15) is 0 Å². The average molecular weight is 174 g/mol. The van der Waals surface area contributed by atoms with Gasteiger partial charge >= 0.3 is 0 Å². The minimum atomic E-state index is 0.641. The van der Waals surface area contributed by atoms with Crippen molar-refractivity contribution in [3.63, 3.8) is 0 Å². The first-order valence-electron chi connectivity index (χ1n) is 4.93. The minimum Gasteiger partial charge on any atom is -0.0998 e. The Labute approximate surface area is 81.3 Å². The Kier molecular flexibility index (Phi) is 3.75. The van der Waals surface area contributed by atoms with Crippen molar-refractivity contribution in [1.82, 2.24) is 0 Å². The van der Waals surface area contributed by atoms with Crippen molar-refractivity contribution < 1.29 is 0 Å². The van der Waals surface area contributed by atoms with Crippen LogP contribution in [0.2, 0.25) is 0 Å². The van der Waals surface area contributed by atoms with E-state index in [1.165, 1.54) is 17.6 Å². The highest BCUT2D eigenvalue weighted by Gasteiger charge is 2.06. The van der Waals surface area contributed by atoms with Gasteiger partial charge in [0, 0.05) is 0 Å². The van der Waals surface area contributed by atoms with Crippen LogP contribution in [0.3, 0.4) is 0 Å². The number of allylic oxidation sites excluding steroid dienone is 1. The molecule has 1 aromatic carbocycles. The van der Waals surface area contributed by atoms with Gasteiger partial charge in [0.25, 0.3) is 0 Å². The van der Waals surface area contributed by atoms with Crippen LogP contribution in [0, 0.1) is 5.92 Å². The van der Waals surface area contributed by atoms with Crippen LogP contribution in [-0.2, 0) is 6.42 Å². The maximum Gasteiger partial charge on any atom is -0.0171 e. The fourth-order valence-corrected chi connectivity index (χ4v) is 1.57. The van der Waals surface area contributed by atoms with Crippen molar-refractivity contribution in [3.8, 4) is 0 Å². The van der Waals surface area contributed by atoms with E-state index in [0.717, 1.165) is 6.42 Å². The highest BCUT2D eigenvalue weighted by molar-refractivity contribution is 5.17. The lowest BCUT2D eigenvalue weighted by molar-refractivity contribution is 0.590. The van der Waals surface area contributed by atoms with Gasteiger partial charge in [-0.15, -0.1) is 0 Å². The Morgan fingerprint density at radius 3 is 2.38 bits per heavy atom. The molecule has 1 aromatic rings. The van der Waals surface area contributed by atoms with Crippen LogP contribution in [0.5, 0.6) is 0 Å². The van der Waals surface area contributed by atoms with Crippen LogP contribution in [-0.4, -0.2) is 0 Å². The topological polar surface area (TPSA) is 0 Å². The summed E-state index contributed by atoms with van der Waals surface area (Å²) in [5.41, 5.74) is 2.71. The maximum atomic E-state index is 4.02. The lowest BCUT2D eigenvalue weighted by Crippen LogP contribution is -2.03. The summed E-state index contributed by atoms with van der Waals surface area (Å²) < 4.78 is 0. The molecule has 0 saturated carbocycles. The molecule has 0 aliphatic heterocycles. The smallest absolute Gasteiger partial charge is 0.0171 e. The van der Waals surface area contributed by atoms with E-state index in [4.69, 9.17) is 0 Å². The SMILES string of the molecule is C=C(C)[C@H](CC)Cc1ccccc1. The van der Waals surface area contributed by atoms with Crippen molar-refractivity contribution in [2.45, 2.75) is 26.7 Å². The first kappa shape index (κ1) is 10.0. The van der Waals surface area contributed by atoms with Crippen LogP contribution in [0.25, 0.3) is 0 Å². The van der Waals surface area contributed by atoms with E-state index in [-0.39, 0.29) is 0 Å². The molecular weight excluding hydrogens is 156 g/mol. The summed E-state index contributed by atoms with van der Waals surface area (Å²) >= 11 is 0. The Morgan fingerprint density at radius 2 is 1.92 bits per heavy atom. The van der Waals surface area contributed by atoms with Crippen molar-refractivity contribution in [2.24, 2.45) is 5.92 Å². The molecule has 0 radical (unpaired) electrons. The molecule has 0 aromatic heterocycles. The van der Waals surface area contributed by atoms with Crippen molar-refractivity contribution >= 4 is 0 Å². The van der Waals surface area contributed by atoms with E-state index >= 15 is 0 Å². The van der Waals surface area contributed by atoms with Gasteiger partial charge in [-0.3, -0.25) is 0 Å². The van der Waals surface area contributed by atoms with Crippen LogP contribution in [0.15, 0.2) is 42.5 Å². The maximum absolute atomic E-state index is 4.02. The molecule has 70 valence electrons. The highest BCUT2D eigenvalue weighted by atomic mass is 14.1. The van der Waals surface area contributed by atoms with Gasteiger partial charge in [0.05, 0.1) is 0 Å². The molecule has 0 aliphatic rings. The predicted molar refractivity (Wildman–Crippen MR) is 58.7 cm³/mol. The number of hydrogen-bond donors (Lipinski definition) is 0. The van der Waals surface area contributed by atoms with E-state index in [2.05, 4.69) is 50.8 Å². The summed E-state index contributed by atoms with van der Waals surface area (Å²) in [4.78, 5) is 0. The molecule has 0 N–H and O–H groups in total. The van der Waals surface area contributed by atoms with Crippen molar-refractivity contribution in [3.05, 3.63) is 48.0 Å². The molecule has 0 bridgehead atoms. The number of benzene rings is 1. The molecule has 0 fully saturated rings. The molecular formula is C13H18. The van der Waals surface area contributed by atoms with Crippen LogP contribution in [0.4, 0.5) is 0 Å². The van der Waals surface area contributed by atoms with Gasteiger partial charge in [0.2, 0.25) is 0 Å². The van der Waals surface area contributed by atoms with E-state index in [1.54, 1.807) is 0 Å². The van der Waals surface area contributed by atoms with Gasteiger partial charge in [0.1, 0.15) is 0 Å². The van der Waals surface area contributed by atoms with E-state index in [1.807, 2.05) is 0 Å². The number of rotatable bonds is 4. The lowest BCUT2D eigenvalue weighted by atomic mass is 9.91. The van der Waals surface area contributed by atoms with E-state index in [0.29, 0.717) is 5.92 Å². The quantitative estimate of drug-likeness (QED) is 0.608. The van der Waals surface area contributed by atoms with Gasteiger partial charge in [-0.1, -0.05) is 49.4 Å². The highest BCUT2D eigenvalue weighted by Crippen LogP contribution is 2.18. The molecule has 13 heavy (non-hydrogen) atoms. The van der Waals surface area contributed by atoms with Gasteiger partial charge in [-0.05, 0) is 31.2 Å². The molecule has 1 rings (SSSR count). The number of hydrogen-bond acceptors (Lipinski definition) is 0. The third kappa shape index (κ3) is 3.06. The van der Waals surface area contributed by atoms with Crippen molar-refractivity contribution in [2.75, 3.05) is 0 Å². The molecule has 0 amide bonds. The Bertz CT molecular complexity index is 259. The van der Waals surface area contributed by atoms with Gasteiger partial charge in [0.15, 0.2) is 0 Å². The third-order valence-corrected chi connectivity index (χ3v) is 2.51. The van der Waals surface area contributed by atoms with Gasteiger partial charge in [-0.2, -0.15) is 0 Å². The minimum absolute atomic E-state index is 0.641. The van der Waals surface area contributed by atoms with Crippen molar-refractivity contribution in [1.29, 1.82) is 0 Å². The van der Waals surface area contributed by atoms with Gasteiger partial charge in [-0.25, -0.2) is 0 Å².